The first-order valence-corrected chi connectivity index (χ1v) is 9.63. The molecule has 1 N–H and O–H groups in total. The molecule has 1 aliphatic heterocycles. The number of carbonyl (C=O) groups excluding carboxylic acids is 1. The molecule has 29 heavy (non-hydrogen) atoms. The normalized spacial score (nSPS) is 16.6. The monoisotopic (exact) mass is 396 g/mol. The highest BCUT2D eigenvalue weighted by molar-refractivity contribution is 5.91. The molecule has 4 rings (SSSR count). The van der Waals surface area contributed by atoms with Crippen LogP contribution in [0.3, 0.4) is 0 Å². The van der Waals surface area contributed by atoms with Crippen LogP contribution in [0.2, 0.25) is 0 Å². The fourth-order valence-corrected chi connectivity index (χ4v) is 3.49. The van der Waals surface area contributed by atoms with Gasteiger partial charge in [0.25, 0.3) is 0 Å². The van der Waals surface area contributed by atoms with Crippen molar-refractivity contribution in [3.8, 4) is 5.69 Å². The summed E-state index contributed by atoms with van der Waals surface area (Å²) >= 11 is 0. The molecule has 1 aliphatic rings. The number of carbonyl (C=O) groups is 1. The maximum absolute atomic E-state index is 12.2. The number of nitrogens with zero attached hydrogens (tertiary/aromatic N) is 7. The van der Waals surface area contributed by atoms with Gasteiger partial charge in [-0.15, -0.1) is 5.10 Å². The number of amides is 1. The van der Waals surface area contributed by atoms with Crippen LogP contribution in [0.5, 0.6) is 0 Å². The van der Waals surface area contributed by atoms with Crippen molar-refractivity contribution >= 4 is 11.7 Å². The summed E-state index contributed by atoms with van der Waals surface area (Å²) in [4.78, 5) is 16.7. The quantitative estimate of drug-likeness (QED) is 0.664. The van der Waals surface area contributed by atoms with Crippen molar-refractivity contribution in [1.29, 1.82) is 0 Å². The molecule has 10 nitrogen and oxygen atoms in total. The molecule has 2 aromatic heterocycles. The van der Waals surface area contributed by atoms with E-state index < -0.39 is 0 Å². The third kappa shape index (κ3) is 4.49. The van der Waals surface area contributed by atoms with Crippen molar-refractivity contribution in [2.24, 2.45) is 0 Å². The fourth-order valence-electron chi connectivity index (χ4n) is 3.49. The molecule has 0 bridgehead atoms. The molecule has 0 aliphatic carbocycles. The SMILES string of the molecule is Cc1cc(NC(=O)CN2CCN(C(C)c3nnnn3-c3ccccc3)CC2)no1. The average Bonchev–Trinajstić information content (AvgIpc) is 3.38. The van der Waals surface area contributed by atoms with E-state index in [0.717, 1.165) is 37.7 Å². The molecule has 0 radical (unpaired) electrons. The van der Waals surface area contributed by atoms with E-state index in [1.54, 1.807) is 17.7 Å². The van der Waals surface area contributed by atoms with Crippen molar-refractivity contribution in [1.82, 2.24) is 35.2 Å². The Hall–Kier alpha value is -3.11. The van der Waals surface area contributed by atoms with Gasteiger partial charge >= 0.3 is 0 Å². The number of hydrogen-bond acceptors (Lipinski definition) is 8. The van der Waals surface area contributed by atoms with E-state index in [9.17, 15) is 4.79 Å². The van der Waals surface area contributed by atoms with Gasteiger partial charge in [-0.1, -0.05) is 23.4 Å². The van der Waals surface area contributed by atoms with Crippen LogP contribution in [0.1, 0.15) is 24.6 Å². The molecule has 0 spiro atoms. The van der Waals surface area contributed by atoms with E-state index >= 15 is 0 Å². The maximum atomic E-state index is 12.2. The van der Waals surface area contributed by atoms with Gasteiger partial charge in [0.1, 0.15) is 5.76 Å². The lowest BCUT2D eigenvalue weighted by Crippen LogP contribution is -2.49. The molecule has 1 fully saturated rings. The van der Waals surface area contributed by atoms with E-state index in [1.165, 1.54) is 0 Å². The maximum Gasteiger partial charge on any atom is 0.239 e. The summed E-state index contributed by atoms with van der Waals surface area (Å²) in [5.74, 6) is 1.84. The van der Waals surface area contributed by atoms with E-state index in [2.05, 4.69) is 42.7 Å². The standard InChI is InChI=1S/C19H24N8O2/c1-14-12-17(22-29-14)20-18(28)13-25-8-10-26(11-9-25)15(2)19-21-23-24-27(19)16-6-4-3-5-7-16/h3-7,12,15H,8-11,13H2,1-2H3,(H,20,22,28). The summed E-state index contributed by atoms with van der Waals surface area (Å²) in [5, 5.41) is 18.8. The molecule has 1 amide bonds. The lowest BCUT2D eigenvalue weighted by Gasteiger charge is -2.37. The van der Waals surface area contributed by atoms with Gasteiger partial charge in [-0.2, -0.15) is 4.68 Å². The Balaban J connectivity index is 1.32. The van der Waals surface area contributed by atoms with Crippen LogP contribution in [-0.4, -0.2) is 73.8 Å². The number of benzene rings is 1. The number of tetrazole rings is 1. The van der Waals surface area contributed by atoms with Gasteiger partial charge < -0.3 is 9.84 Å². The second kappa shape index (κ2) is 8.50. The van der Waals surface area contributed by atoms with Gasteiger partial charge in [-0.05, 0) is 36.4 Å². The number of rotatable bonds is 6. The molecule has 3 heterocycles. The number of para-hydroxylation sites is 1. The number of hydrogen-bond donors (Lipinski definition) is 1. The highest BCUT2D eigenvalue weighted by atomic mass is 16.5. The summed E-state index contributed by atoms with van der Waals surface area (Å²) in [6, 6.07) is 11.6. The summed E-state index contributed by atoms with van der Waals surface area (Å²) in [6.07, 6.45) is 0. The van der Waals surface area contributed by atoms with E-state index in [-0.39, 0.29) is 11.9 Å². The predicted octanol–water partition coefficient (Wildman–Crippen LogP) is 1.28. The van der Waals surface area contributed by atoms with Gasteiger partial charge in [0, 0.05) is 32.2 Å². The van der Waals surface area contributed by atoms with Gasteiger partial charge in [0.05, 0.1) is 18.3 Å². The molecule has 1 unspecified atom stereocenters. The van der Waals surface area contributed by atoms with E-state index in [1.807, 2.05) is 30.3 Å². The Morgan fingerprint density at radius 2 is 1.97 bits per heavy atom. The molecule has 1 atom stereocenters. The van der Waals surface area contributed by atoms with Gasteiger partial charge in [-0.3, -0.25) is 14.6 Å². The van der Waals surface area contributed by atoms with Crippen molar-refractivity contribution in [3.05, 3.63) is 48.0 Å². The average molecular weight is 396 g/mol. The number of piperazine rings is 1. The molecular weight excluding hydrogens is 372 g/mol. The van der Waals surface area contributed by atoms with Crippen molar-refractivity contribution in [2.45, 2.75) is 19.9 Å². The summed E-state index contributed by atoms with van der Waals surface area (Å²) in [7, 11) is 0. The van der Waals surface area contributed by atoms with Crippen molar-refractivity contribution < 1.29 is 9.32 Å². The Bertz CT molecular complexity index is 946. The Morgan fingerprint density at radius 1 is 1.21 bits per heavy atom. The lowest BCUT2D eigenvalue weighted by atomic mass is 10.2. The lowest BCUT2D eigenvalue weighted by molar-refractivity contribution is -0.117. The first-order valence-electron chi connectivity index (χ1n) is 9.63. The van der Waals surface area contributed by atoms with Crippen molar-refractivity contribution in [3.63, 3.8) is 0 Å². The molecule has 1 aromatic carbocycles. The van der Waals surface area contributed by atoms with E-state index in [0.29, 0.717) is 18.1 Å². The first-order chi connectivity index (χ1) is 14.1. The smallest absolute Gasteiger partial charge is 0.239 e. The predicted molar refractivity (Wildman–Crippen MR) is 105 cm³/mol. The van der Waals surface area contributed by atoms with Crippen LogP contribution in [0, 0.1) is 6.92 Å². The number of anilines is 1. The zero-order chi connectivity index (χ0) is 20.2. The molecule has 152 valence electrons. The van der Waals surface area contributed by atoms with Crippen LogP contribution >= 0.6 is 0 Å². The first kappa shape index (κ1) is 19.2. The van der Waals surface area contributed by atoms with Crippen LogP contribution in [0.4, 0.5) is 5.82 Å². The van der Waals surface area contributed by atoms with Crippen LogP contribution in [-0.2, 0) is 4.79 Å². The van der Waals surface area contributed by atoms with Gasteiger partial charge in [0.15, 0.2) is 11.6 Å². The minimum Gasteiger partial charge on any atom is -0.360 e. The summed E-state index contributed by atoms with van der Waals surface area (Å²) in [5.41, 5.74) is 0.942. The third-order valence-corrected chi connectivity index (χ3v) is 5.09. The van der Waals surface area contributed by atoms with Crippen LogP contribution in [0.15, 0.2) is 40.9 Å². The number of aryl methyl sites for hydroxylation is 1. The number of nitrogens with one attached hydrogen (secondary N) is 1. The largest absolute Gasteiger partial charge is 0.360 e. The van der Waals surface area contributed by atoms with Gasteiger partial charge in [-0.25, -0.2) is 0 Å². The molecule has 0 saturated carbocycles. The highest BCUT2D eigenvalue weighted by Crippen LogP contribution is 2.21. The van der Waals surface area contributed by atoms with Crippen LogP contribution < -0.4 is 5.32 Å². The molecular formula is C19H24N8O2. The third-order valence-electron chi connectivity index (χ3n) is 5.09. The second-order valence-electron chi connectivity index (χ2n) is 7.14. The second-order valence-corrected chi connectivity index (χ2v) is 7.14. The van der Waals surface area contributed by atoms with E-state index in [4.69, 9.17) is 4.52 Å². The molecule has 10 heteroatoms. The van der Waals surface area contributed by atoms with Gasteiger partial charge in [0.2, 0.25) is 5.91 Å². The Morgan fingerprint density at radius 3 is 2.66 bits per heavy atom. The Kier molecular flexibility index (Phi) is 5.63. The van der Waals surface area contributed by atoms with Crippen molar-refractivity contribution in [2.75, 3.05) is 38.0 Å². The summed E-state index contributed by atoms with van der Waals surface area (Å²) < 4.78 is 6.75. The zero-order valence-electron chi connectivity index (χ0n) is 16.5. The van der Waals surface area contributed by atoms with Crippen LogP contribution in [0.25, 0.3) is 5.69 Å². The molecule has 3 aromatic rings. The topological polar surface area (TPSA) is 105 Å². The number of aromatic nitrogens is 5. The minimum absolute atomic E-state index is 0.0688. The fraction of sp³-hybridized carbons (Fsp3) is 0.421. The highest BCUT2D eigenvalue weighted by Gasteiger charge is 2.27. The molecule has 1 saturated heterocycles. The summed E-state index contributed by atoms with van der Waals surface area (Å²) in [6.45, 7) is 7.48. The Labute approximate surface area is 168 Å². The zero-order valence-corrected chi connectivity index (χ0v) is 16.5. The minimum atomic E-state index is -0.0900.